The molecular formula is C17H18INO2. The first-order valence-corrected chi connectivity index (χ1v) is 7.88. The molecule has 0 bridgehead atoms. The fourth-order valence-electron chi connectivity index (χ4n) is 1.97. The number of likely N-dealkylation sites (N-methyl/N-ethyl adjacent to an activating group) is 1. The molecule has 0 unspecified atom stereocenters. The number of hydrogen-bond donors (Lipinski definition) is 0. The van der Waals surface area contributed by atoms with E-state index in [4.69, 9.17) is 4.74 Å². The Labute approximate surface area is 139 Å². The van der Waals surface area contributed by atoms with Gasteiger partial charge in [-0.05, 0) is 53.4 Å². The van der Waals surface area contributed by atoms with Gasteiger partial charge in [0, 0.05) is 16.7 Å². The Balaban J connectivity index is 1.75. The van der Waals surface area contributed by atoms with E-state index < -0.39 is 0 Å². The van der Waals surface area contributed by atoms with E-state index in [2.05, 4.69) is 39.6 Å². The minimum absolute atomic E-state index is 0.262. The first-order valence-electron chi connectivity index (χ1n) is 6.80. The number of benzene rings is 2. The fraction of sp³-hybridized carbons (Fsp3) is 0.235. The second-order valence-corrected chi connectivity index (χ2v) is 6.12. The minimum atomic E-state index is -0.262. The van der Waals surface area contributed by atoms with Crippen LogP contribution >= 0.6 is 22.6 Å². The Morgan fingerprint density at radius 3 is 2.62 bits per heavy atom. The van der Waals surface area contributed by atoms with Crippen LogP contribution in [0.3, 0.4) is 0 Å². The van der Waals surface area contributed by atoms with Crippen LogP contribution in [0.4, 0.5) is 0 Å². The number of hydrogen-bond acceptors (Lipinski definition) is 3. The van der Waals surface area contributed by atoms with E-state index in [1.165, 1.54) is 5.56 Å². The predicted molar refractivity (Wildman–Crippen MR) is 92.2 cm³/mol. The van der Waals surface area contributed by atoms with Crippen LogP contribution in [-0.4, -0.2) is 31.1 Å². The summed E-state index contributed by atoms with van der Waals surface area (Å²) in [6.45, 7) is 1.96. The Hall–Kier alpha value is -1.40. The van der Waals surface area contributed by atoms with Crippen LogP contribution in [0.15, 0.2) is 54.6 Å². The molecule has 0 aliphatic carbocycles. The standard InChI is InChI=1S/C17H18INO2/c1-19(13-14-6-3-2-4-7-14)10-11-21-17(20)15-8-5-9-16(18)12-15/h2-9,12H,10-11,13H2,1H3. The largest absolute Gasteiger partial charge is 0.461 e. The Morgan fingerprint density at radius 2 is 1.90 bits per heavy atom. The first-order chi connectivity index (χ1) is 10.1. The summed E-state index contributed by atoms with van der Waals surface area (Å²) in [4.78, 5) is 14.0. The average Bonchev–Trinajstić information content (AvgIpc) is 2.48. The Bertz CT molecular complexity index is 586. The molecule has 0 spiro atoms. The van der Waals surface area contributed by atoms with E-state index in [-0.39, 0.29) is 5.97 Å². The highest BCUT2D eigenvalue weighted by Crippen LogP contribution is 2.09. The molecule has 0 radical (unpaired) electrons. The maximum atomic E-state index is 11.9. The monoisotopic (exact) mass is 395 g/mol. The lowest BCUT2D eigenvalue weighted by Gasteiger charge is -2.16. The molecule has 4 heteroatoms. The van der Waals surface area contributed by atoms with Gasteiger partial charge < -0.3 is 4.74 Å². The molecule has 0 amide bonds. The van der Waals surface area contributed by atoms with Crippen molar-refractivity contribution in [1.29, 1.82) is 0 Å². The number of ether oxygens (including phenoxy) is 1. The maximum absolute atomic E-state index is 11.9. The molecule has 0 saturated carbocycles. The van der Waals surface area contributed by atoms with Crippen LogP contribution < -0.4 is 0 Å². The zero-order chi connectivity index (χ0) is 15.1. The van der Waals surface area contributed by atoms with Gasteiger partial charge >= 0.3 is 5.97 Å². The second kappa shape index (κ2) is 8.14. The number of esters is 1. The topological polar surface area (TPSA) is 29.5 Å². The van der Waals surface area contributed by atoms with E-state index in [1.54, 1.807) is 6.07 Å². The summed E-state index contributed by atoms with van der Waals surface area (Å²) in [5.41, 5.74) is 1.86. The molecule has 2 rings (SSSR count). The molecule has 0 aliphatic heterocycles. The molecule has 3 nitrogen and oxygen atoms in total. The molecule has 2 aromatic rings. The van der Waals surface area contributed by atoms with Crippen molar-refractivity contribution in [3.05, 3.63) is 69.3 Å². The van der Waals surface area contributed by atoms with Gasteiger partial charge in [-0.3, -0.25) is 4.90 Å². The summed E-state index contributed by atoms with van der Waals surface area (Å²) in [7, 11) is 2.02. The first kappa shape index (κ1) is 16.0. The number of nitrogens with zero attached hydrogens (tertiary/aromatic N) is 1. The van der Waals surface area contributed by atoms with Gasteiger partial charge in [0.1, 0.15) is 6.61 Å². The van der Waals surface area contributed by atoms with Crippen LogP contribution in [0.5, 0.6) is 0 Å². The molecule has 0 fully saturated rings. The summed E-state index contributed by atoms with van der Waals surface area (Å²) in [6.07, 6.45) is 0. The molecule has 2 aromatic carbocycles. The molecule has 0 N–H and O–H groups in total. The number of halogens is 1. The van der Waals surface area contributed by atoms with Gasteiger partial charge in [0.2, 0.25) is 0 Å². The van der Waals surface area contributed by atoms with Crippen molar-refractivity contribution in [1.82, 2.24) is 4.90 Å². The smallest absolute Gasteiger partial charge is 0.338 e. The highest BCUT2D eigenvalue weighted by Gasteiger charge is 2.08. The molecule has 0 aliphatic rings. The maximum Gasteiger partial charge on any atom is 0.338 e. The third-order valence-electron chi connectivity index (χ3n) is 3.06. The van der Waals surface area contributed by atoms with Gasteiger partial charge in [-0.25, -0.2) is 4.79 Å². The lowest BCUT2D eigenvalue weighted by Crippen LogP contribution is -2.24. The number of carbonyl (C=O) groups excluding carboxylic acids is 1. The van der Waals surface area contributed by atoms with Gasteiger partial charge in [-0.1, -0.05) is 36.4 Å². The quantitative estimate of drug-likeness (QED) is 0.553. The van der Waals surface area contributed by atoms with Crippen molar-refractivity contribution < 1.29 is 9.53 Å². The molecule has 0 atom stereocenters. The molecule has 0 heterocycles. The van der Waals surface area contributed by atoms with Crippen molar-refractivity contribution in [3.8, 4) is 0 Å². The summed E-state index contributed by atoms with van der Waals surface area (Å²) in [6, 6.07) is 17.7. The Morgan fingerprint density at radius 1 is 1.14 bits per heavy atom. The third-order valence-corrected chi connectivity index (χ3v) is 3.73. The molecule has 21 heavy (non-hydrogen) atoms. The van der Waals surface area contributed by atoms with Crippen LogP contribution in [0.1, 0.15) is 15.9 Å². The van der Waals surface area contributed by atoms with Gasteiger partial charge in [-0.15, -0.1) is 0 Å². The third kappa shape index (κ3) is 5.47. The summed E-state index contributed by atoms with van der Waals surface area (Å²) in [5.74, 6) is -0.262. The highest BCUT2D eigenvalue weighted by atomic mass is 127. The number of carbonyl (C=O) groups is 1. The van der Waals surface area contributed by atoms with Crippen molar-refractivity contribution in [2.24, 2.45) is 0 Å². The average molecular weight is 395 g/mol. The van der Waals surface area contributed by atoms with Crippen molar-refractivity contribution in [3.63, 3.8) is 0 Å². The van der Waals surface area contributed by atoms with E-state index in [9.17, 15) is 4.79 Å². The molecule has 0 saturated heterocycles. The van der Waals surface area contributed by atoms with E-state index >= 15 is 0 Å². The van der Waals surface area contributed by atoms with Gasteiger partial charge in [0.05, 0.1) is 5.56 Å². The van der Waals surface area contributed by atoms with Gasteiger partial charge in [-0.2, -0.15) is 0 Å². The van der Waals surface area contributed by atoms with Crippen LogP contribution in [0.2, 0.25) is 0 Å². The SMILES string of the molecule is CN(CCOC(=O)c1cccc(I)c1)Cc1ccccc1. The van der Waals surface area contributed by atoms with Gasteiger partial charge in [0.25, 0.3) is 0 Å². The lowest BCUT2D eigenvalue weighted by molar-refractivity contribution is 0.0470. The molecule has 0 aromatic heterocycles. The second-order valence-electron chi connectivity index (χ2n) is 4.87. The normalized spacial score (nSPS) is 10.6. The van der Waals surface area contributed by atoms with Crippen LogP contribution in [0.25, 0.3) is 0 Å². The van der Waals surface area contributed by atoms with Crippen LogP contribution in [0, 0.1) is 3.57 Å². The Kier molecular flexibility index (Phi) is 6.20. The molecule has 110 valence electrons. The van der Waals surface area contributed by atoms with Crippen molar-refractivity contribution >= 4 is 28.6 Å². The zero-order valence-electron chi connectivity index (χ0n) is 12.0. The minimum Gasteiger partial charge on any atom is -0.461 e. The van der Waals surface area contributed by atoms with E-state index in [1.807, 2.05) is 43.4 Å². The summed E-state index contributed by atoms with van der Waals surface area (Å²) >= 11 is 2.18. The zero-order valence-corrected chi connectivity index (χ0v) is 14.1. The summed E-state index contributed by atoms with van der Waals surface area (Å²) < 4.78 is 6.34. The predicted octanol–water partition coefficient (Wildman–Crippen LogP) is 3.58. The van der Waals surface area contributed by atoms with E-state index in [0.717, 1.165) is 10.1 Å². The highest BCUT2D eigenvalue weighted by molar-refractivity contribution is 14.1. The summed E-state index contributed by atoms with van der Waals surface area (Å²) in [5, 5.41) is 0. The van der Waals surface area contributed by atoms with Crippen molar-refractivity contribution in [2.45, 2.75) is 6.54 Å². The lowest BCUT2D eigenvalue weighted by atomic mass is 10.2. The fourth-order valence-corrected chi connectivity index (χ4v) is 2.51. The van der Waals surface area contributed by atoms with Crippen molar-refractivity contribution in [2.75, 3.05) is 20.2 Å². The van der Waals surface area contributed by atoms with E-state index in [0.29, 0.717) is 18.7 Å². The number of rotatable bonds is 6. The van der Waals surface area contributed by atoms with Crippen LogP contribution in [-0.2, 0) is 11.3 Å². The van der Waals surface area contributed by atoms with Gasteiger partial charge in [0.15, 0.2) is 0 Å². The molecular weight excluding hydrogens is 377 g/mol.